The highest BCUT2D eigenvalue weighted by Crippen LogP contribution is 2.44. The Morgan fingerprint density at radius 1 is 1.03 bits per heavy atom. The summed E-state index contributed by atoms with van der Waals surface area (Å²) in [5.74, 6) is 2.43. The molecule has 32 heavy (non-hydrogen) atoms. The molecule has 0 fully saturated rings. The number of aliphatic carboxylic acids is 1. The standard InChI is InChI=1S/C25H26N2O5/c1-25(2,3)22(23(30)26-14-8-13-21(28)29)27-24(31)32-15-20-18-11-6-4-9-16(18)17-10-5-7-12-19(17)20/h4-7,9-12,20,22H,14-15H2,1-3H3,(H,26,30)(H,27,31)(H,28,29)/t22-/m0/s1. The van der Waals surface area contributed by atoms with E-state index >= 15 is 0 Å². The second-order valence-corrected chi connectivity index (χ2v) is 8.59. The molecule has 1 aliphatic rings. The number of hydrogen-bond donors (Lipinski definition) is 3. The van der Waals surface area contributed by atoms with Gasteiger partial charge in [-0.05, 0) is 27.7 Å². The molecule has 0 aliphatic heterocycles. The Bertz CT molecular complexity index is 1050. The number of carboxylic acid groups (broad SMARTS) is 1. The molecular formula is C25H26N2O5. The van der Waals surface area contributed by atoms with E-state index in [1.54, 1.807) is 0 Å². The van der Waals surface area contributed by atoms with Gasteiger partial charge in [0.15, 0.2) is 0 Å². The van der Waals surface area contributed by atoms with Crippen molar-refractivity contribution in [1.82, 2.24) is 10.6 Å². The van der Waals surface area contributed by atoms with E-state index in [-0.39, 0.29) is 19.1 Å². The summed E-state index contributed by atoms with van der Waals surface area (Å²) in [4.78, 5) is 35.6. The molecule has 7 heteroatoms. The van der Waals surface area contributed by atoms with Crippen molar-refractivity contribution in [2.75, 3.05) is 13.2 Å². The molecule has 2 aromatic carbocycles. The number of carbonyl (C=O) groups excluding carboxylic acids is 2. The van der Waals surface area contributed by atoms with E-state index in [4.69, 9.17) is 9.84 Å². The number of ether oxygens (including phenoxy) is 1. The second-order valence-electron chi connectivity index (χ2n) is 8.59. The van der Waals surface area contributed by atoms with Crippen molar-refractivity contribution >= 4 is 18.0 Å². The molecule has 0 unspecified atom stereocenters. The Morgan fingerprint density at radius 2 is 1.59 bits per heavy atom. The van der Waals surface area contributed by atoms with Crippen LogP contribution in [0.5, 0.6) is 0 Å². The van der Waals surface area contributed by atoms with Crippen molar-refractivity contribution in [3.8, 4) is 23.0 Å². The van der Waals surface area contributed by atoms with Crippen LogP contribution in [0.4, 0.5) is 4.79 Å². The number of benzene rings is 2. The zero-order valence-corrected chi connectivity index (χ0v) is 18.3. The lowest BCUT2D eigenvalue weighted by Crippen LogP contribution is -2.53. The first kappa shape index (κ1) is 22.9. The van der Waals surface area contributed by atoms with Crippen LogP contribution in [0.1, 0.15) is 37.8 Å². The minimum atomic E-state index is -1.27. The van der Waals surface area contributed by atoms with E-state index in [2.05, 4.69) is 28.7 Å². The van der Waals surface area contributed by atoms with Crippen LogP contribution in [-0.2, 0) is 14.3 Å². The minimum Gasteiger partial charge on any atom is -0.472 e. The molecule has 0 bridgehead atoms. The molecule has 0 radical (unpaired) electrons. The van der Waals surface area contributed by atoms with Gasteiger partial charge in [0, 0.05) is 11.8 Å². The van der Waals surface area contributed by atoms with Gasteiger partial charge in [0.05, 0.1) is 6.54 Å². The van der Waals surface area contributed by atoms with Crippen molar-refractivity contribution in [2.24, 2.45) is 5.41 Å². The average molecular weight is 434 g/mol. The predicted molar refractivity (Wildman–Crippen MR) is 120 cm³/mol. The molecule has 3 rings (SSSR count). The number of rotatable bonds is 5. The lowest BCUT2D eigenvalue weighted by molar-refractivity contribution is -0.130. The van der Waals surface area contributed by atoms with Gasteiger partial charge in [-0.3, -0.25) is 4.79 Å². The topological polar surface area (TPSA) is 105 Å². The molecular weight excluding hydrogens is 408 g/mol. The van der Waals surface area contributed by atoms with E-state index < -0.39 is 29.4 Å². The highest BCUT2D eigenvalue weighted by atomic mass is 16.5. The van der Waals surface area contributed by atoms with Gasteiger partial charge in [-0.15, -0.1) is 0 Å². The van der Waals surface area contributed by atoms with Gasteiger partial charge in [-0.25, -0.2) is 9.59 Å². The highest BCUT2D eigenvalue weighted by Gasteiger charge is 2.34. The number of hydrogen-bond acceptors (Lipinski definition) is 4. The maximum Gasteiger partial charge on any atom is 0.407 e. The number of amides is 2. The maximum atomic E-state index is 12.6. The quantitative estimate of drug-likeness (QED) is 0.627. The molecule has 2 amide bonds. The summed E-state index contributed by atoms with van der Waals surface area (Å²) in [6.45, 7) is 5.43. The first-order valence-corrected chi connectivity index (χ1v) is 10.3. The van der Waals surface area contributed by atoms with Crippen molar-refractivity contribution in [1.29, 1.82) is 0 Å². The van der Waals surface area contributed by atoms with Crippen LogP contribution in [0.2, 0.25) is 0 Å². The fraction of sp³-hybridized carbons (Fsp3) is 0.320. The van der Waals surface area contributed by atoms with Crippen LogP contribution in [-0.4, -0.2) is 42.3 Å². The fourth-order valence-corrected chi connectivity index (χ4v) is 3.79. The summed E-state index contributed by atoms with van der Waals surface area (Å²) < 4.78 is 5.54. The minimum absolute atomic E-state index is 0.0821. The molecule has 0 aromatic heterocycles. The fourth-order valence-electron chi connectivity index (χ4n) is 3.79. The smallest absolute Gasteiger partial charge is 0.407 e. The molecule has 0 heterocycles. The largest absolute Gasteiger partial charge is 0.472 e. The Balaban J connectivity index is 1.65. The van der Waals surface area contributed by atoms with E-state index in [9.17, 15) is 14.4 Å². The molecule has 166 valence electrons. The molecule has 0 spiro atoms. The van der Waals surface area contributed by atoms with Gasteiger partial charge in [-0.1, -0.05) is 75.2 Å². The van der Waals surface area contributed by atoms with Crippen molar-refractivity contribution in [3.05, 3.63) is 59.7 Å². The number of carbonyl (C=O) groups is 3. The first-order chi connectivity index (χ1) is 15.2. The monoisotopic (exact) mass is 434 g/mol. The predicted octanol–water partition coefficient (Wildman–Crippen LogP) is 3.14. The number of nitrogens with one attached hydrogen (secondary N) is 2. The van der Waals surface area contributed by atoms with Crippen LogP contribution >= 0.6 is 0 Å². The number of carboxylic acids is 1. The van der Waals surface area contributed by atoms with Crippen LogP contribution < -0.4 is 10.6 Å². The Morgan fingerprint density at radius 3 is 2.12 bits per heavy atom. The summed E-state index contributed by atoms with van der Waals surface area (Å²) in [7, 11) is 0. The maximum absolute atomic E-state index is 12.6. The third-order valence-corrected chi connectivity index (χ3v) is 5.28. The number of alkyl carbamates (subject to hydrolysis) is 1. The van der Waals surface area contributed by atoms with Crippen LogP contribution in [0.3, 0.4) is 0 Å². The zero-order chi connectivity index (χ0) is 23.3. The van der Waals surface area contributed by atoms with Gasteiger partial charge in [0.2, 0.25) is 5.91 Å². The SMILES string of the molecule is CC(C)(C)[C@@H](NC(=O)OCC1c2ccccc2-c2ccccc21)C(=O)NCC#CC(=O)O. The zero-order valence-electron chi connectivity index (χ0n) is 18.3. The molecule has 7 nitrogen and oxygen atoms in total. The van der Waals surface area contributed by atoms with Crippen molar-refractivity contribution < 1.29 is 24.2 Å². The van der Waals surface area contributed by atoms with Crippen molar-refractivity contribution in [3.63, 3.8) is 0 Å². The Hall–Kier alpha value is -3.79. The van der Waals surface area contributed by atoms with Gasteiger partial charge < -0.3 is 20.5 Å². The summed E-state index contributed by atoms with van der Waals surface area (Å²) in [6, 6.07) is 15.2. The van der Waals surface area contributed by atoms with Crippen LogP contribution in [0.15, 0.2) is 48.5 Å². The molecule has 1 atom stereocenters. The average Bonchev–Trinajstić information content (AvgIpc) is 3.06. The van der Waals surface area contributed by atoms with Gasteiger partial charge >= 0.3 is 12.1 Å². The summed E-state index contributed by atoms with van der Waals surface area (Å²) >= 11 is 0. The molecule has 2 aromatic rings. The summed E-state index contributed by atoms with van der Waals surface area (Å²) in [5, 5.41) is 13.7. The number of fused-ring (bicyclic) bond motifs is 3. The van der Waals surface area contributed by atoms with E-state index in [1.807, 2.05) is 63.1 Å². The molecule has 0 saturated carbocycles. The summed E-state index contributed by atoms with van der Waals surface area (Å²) in [6.07, 6.45) is -0.696. The van der Waals surface area contributed by atoms with Gasteiger partial charge in [0.1, 0.15) is 12.6 Å². The van der Waals surface area contributed by atoms with Gasteiger partial charge in [0.25, 0.3) is 0 Å². The molecule has 0 saturated heterocycles. The second kappa shape index (κ2) is 9.56. The summed E-state index contributed by atoms with van der Waals surface area (Å²) in [5.41, 5.74) is 3.86. The Labute approximate surface area is 187 Å². The van der Waals surface area contributed by atoms with Gasteiger partial charge in [-0.2, -0.15) is 0 Å². The third kappa shape index (κ3) is 5.27. The highest BCUT2D eigenvalue weighted by molar-refractivity contribution is 5.88. The van der Waals surface area contributed by atoms with E-state index in [1.165, 1.54) is 0 Å². The lowest BCUT2D eigenvalue weighted by Gasteiger charge is -2.30. The lowest BCUT2D eigenvalue weighted by atomic mass is 9.86. The molecule has 1 aliphatic carbocycles. The van der Waals surface area contributed by atoms with Crippen LogP contribution in [0, 0.1) is 17.3 Å². The van der Waals surface area contributed by atoms with E-state index in [0.717, 1.165) is 22.3 Å². The molecule has 3 N–H and O–H groups in total. The normalized spacial score (nSPS) is 13.1. The van der Waals surface area contributed by atoms with E-state index in [0.29, 0.717) is 0 Å². The van der Waals surface area contributed by atoms with Crippen molar-refractivity contribution in [2.45, 2.75) is 32.7 Å². The Kier molecular flexibility index (Phi) is 6.84. The first-order valence-electron chi connectivity index (χ1n) is 10.3. The third-order valence-electron chi connectivity index (χ3n) is 5.28. The van der Waals surface area contributed by atoms with Crippen LogP contribution in [0.25, 0.3) is 11.1 Å².